The molecule has 0 fully saturated rings. The predicted octanol–water partition coefficient (Wildman–Crippen LogP) is 4.49. The molecular formula is C18H14N4O7S. The summed E-state index contributed by atoms with van der Waals surface area (Å²) in [6.45, 7) is 0. The van der Waals surface area contributed by atoms with Crippen LogP contribution in [0.1, 0.15) is 5.56 Å². The van der Waals surface area contributed by atoms with Gasteiger partial charge in [-0.15, -0.1) is 11.8 Å². The number of thioether (sulfide) groups is 1. The third-order valence-electron chi connectivity index (χ3n) is 3.53. The van der Waals surface area contributed by atoms with Gasteiger partial charge in [-0.3, -0.25) is 30.3 Å². The molecule has 0 unspecified atom stereocenters. The lowest BCUT2D eigenvalue weighted by atomic mass is 10.2. The molecule has 0 bridgehead atoms. The van der Waals surface area contributed by atoms with E-state index in [-0.39, 0.29) is 0 Å². The lowest BCUT2D eigenvalue weighted by molar-refractivity contribution is -0.404. The second-order valence-electron chi connectivity index (χ2n) is 5.55. The van der Waals surface area contributed by atoms with Crippen LogP contribution in [0.5, 0.6) is 5.75 Å². The Morgan fingerprint density at radius 3 is 1.87 bits per heavy atom. The molecule has 154 valence electrons. The number of nitro benzene ring substituents is 3. The van der Waals surface area contributed by atoms with E-state index in [0.717, 1.165) is 10.8 Å². The van der Waals surface area contributed by atoms with Crippen molar-refractivity contribution in [3.05, 3.63) is 103 Å². The van der Waals surface area contributed by atoms with Gasteiger partial charge in [-0.05, 0) is 17.7 Å². The van der Waals surface area contributed by atoms with Crippen LogP contribution in [-0.2, 0) is 5.75 Å². The molecule has 0 aliphatic heterocycles. The minimum Gasteiger partial charge on any atom is -0.497 e. The van der Waals surface area contributed by atoms with Crippen LogP contribution >= 0.6 is 11.8 Å². The minimum absolute atomic E-state index is 0.447. The zero-order valence-corrected chi connectivity index (χ0v) is 16.0. The summed E-state index contributed by atoms with van der Waals surface area (Å²) >= 11 is 1.76. The van der Waals surface area contributed by atoms with Gasteiger partial charge in [0, 0.05) is 11.9 Å². The van der Waals surface area contributed by atoms with Gasteiger partial charge >= 0.3 is 11.4 Å². The number of nitrogens with zero attached hydrogens (tertiary/aromatic N) is 4. The Labute approximate surface area is 173 Å². The first-order valence-electron chi connectivity index (χ1n) is 8.17. The van der Waals surface area contributed by atoms with Crippen molar-refractivity contribution in [2.45, 2.75) is 10.8 Å². The van der Waals surface area contributed by atoms with Crippen LogP contribution in [0.2, 0.25) is 0 Å². The second kappa shape index (κ2) is 10.5. The van der Waals surface area contributed by atoms with Crippen molar-refractivity contribution in [1.82, 2.24) is 4.98 Å². The van der Waals surface area contributed by atoms with Gasteiger partial charge in [0.05, 0.1) is 31.9 Å². The van der Waals surface area contributed by atoms with Gasteiger partial charge in [-0.1, -0.05) is 36.4 Å². The number of phenolic OH excluding ortho intramolecular Hbond substituents is 1. The van der Waals surface area contributed by atoms with E-state index >= 15 is 0 Å². The number of aromatic nitrogens is 1. The second-order valence-corrected chi connectivity index (χ2v) is 6.54. The van der Waals surface area contributed by atoms with Gasteiger partial charge in [0.25, 0.3) is 11.4 Å². The molecule has 0 radical (unpaired) electrons. The summed E-state index contributed by atoms with van der Waals surface area (Å²) in [6, 6.07) is 17.3. The first-order chi connectivity index (χ1) is 14.3. The van der Waals surface area contributed by atoms with Crippen molar-refractivity contribution in [2.24, 2.45) is 0 Å². The van der Waals surface area contributed by atoms with Crippen LogP contribution in [0.4, 0.5) is 17.1 Å². The highest BCUT2D eigenvalue weighted by atomic mass is 32.2. The summed E-state index contributed by atoms with van der Waals surface area (Å²) in [5.74, 6) is -0.224. The van der Waals surface area contributed by atoms with Crippen molar-refractivity contribution in [1.29, 1.82) is 0 Å². The fourth-order valence-electron chi connectivity index (χ4n) is 2.14. The third kappa shape index (κ3) is 6.24. The molecule has 0 amide bonds. The van der Waals surface area contributed by atoms with Crippen LogP contribution in [0.15, 0.2) is 71.9 Å². The quantitative estimate of drug-likeness (QED) is 0.337. The van der Waals surface area contributed by atoms with E-state index in [1.54, 1.807) is 11.8 Å². The summed E-state index contributed by atoms with van der Waals surface area (Å²) < 4.78 is 0. The number of pyridine rings is 1. The Balaban J connectivity index is 0.000000215. The highest BCUT2D eigenvalue weighted by Gasteiger charge is 2.30. The average Bonchev–Trinajstić information content (AvgIpc) is 2.74. The predicted molar refractivity (Wildman–Crippen MR) is 108 cm³/mol. The first-order valence-corrected chi connectivity index (χ1v) is 9.16. The van der Waals surface area contributed by atoms with Gasteiger partial charge in [-0.2, -0.15) is 0 Å². The van der Waals surface area contributed by atoms with Gasteiger partial charge in [0.15, 0.2) is 0 Å². The van der Waals surface area contributed by atoms with Crippen molar-refractivity contribution in [3.63, 3.8) is 0 Å². The normalized spacial score (nSPS) is 9.87. The van der Waals surface area contributed by atoms with Crippen LogP contribution in [0.3, 0.4) is 0 Å². The third-order valence-corrected chi connectivity index (χ3v) is 4.54. The van der Waals surface area contributed by atoms with Crippen LogP contribution in [0, 0.1) is 30.3 Å². The smallest absolute Gasteiger partial charge is 0.324 e. The van der Waals surface area contributed by atoms with E-state index in [4.69, 9.17) is 5.11 Å². The molecule has 0 atom stereocenters. The zero-order valence-electron chi connectivity index (χ0n) is 15.2. The lowest BCUT2D eigenvalue weighted by Gasteiger charge is -1.99. The van der Waals surface area contributed by atoms with E-state index in [0.29, 0.717) is 12.1 Å². The molecule has 1 aromatic heterocycles. The van der Waals surface area contributed by atoms with Crippen LogP contribution < -0.4 is 0 Å². The summed E-state index contributed by atoms with van der Waals surface area (Å²) in [4.78, 5) is 32.0. The largest absolute Gasteiger partial charge is 0.497 e. The molecule has 0 aliphatic carbocycles. The van der Waals surface area contributed by atoms with Gasteiger partial charge < -0.3 is 5.11 Å². The topological polar surface area (TPSA) is 163 Å². The molecule has 1 N–H and O–H groups in total. The summed E-state index contributed by atoms with van der Waals surface area (Å²) in [7, 11) is 0. The Hall–Kier alpha value is -4.06. The Bertz CT molecular complexity index is 974. The maximum atomic E-state index is 10.4. The summed E-state index contributed by atoms with van der Waals surface area (Å²) in [5.41, 5.74) is -1.67. The number of nitro groups is 3. The van der Waals surface area contributed by atoms with Crippen molar-refractivity contribution >= 4 is 28.8 Å². The molecule has 3 aromatic rings. The SMILES string of the molecule is O=[N+]([O-])c1cc([N+](=O)[O-])c(O)c([N+](=O)[O-])c1.c1ccc(CSc2ccccn2)cc1. The van der Waals surface area contributed by atoms with Crippen LogP contribution in [0.25, 0.3) is 0 Å². The molecular weight excluding hydrogens is 416 g/mol. The number of phenols is 1. The number of benzene rings is 2. The maximum absolute atomic E-state index is 10.4. The molecule has 1 heterocycles. The Morgan fingerprint density at radius 2 is 1.40 bits per heavy atom. The summed E-state index contributed by atoms with van der Waals surface area (Å²) in [5, 5.41) is 41.3. The van der Waals surface area contributed by atoms with Gasteiger partial charge in [0.1, 0.15) is 0 Å². The van der Waals surface area contributed by atoms with E-state index in [1.165, 1.54) is 5.56 Å². The maximum Gasteiger partial charge on any atom is 0.324 e. The van der Waals surface area contributed by atoms with Gasteiger partial charge in [0.2, 0.25) is 0 Å². The van der Waals surface area contributed by atoms with Crippen LogP contribution in [-0.4, -0.2) is 24.9 Å². The molecule has 11 nitrogen and oxygen atoms in total. The van der Waals surface area contributed by atoms with E-state index < -0.39 is 37.6 Å². The van der Waals surface area contributed by atoms with E-state index in [1.807, 2.05) is 30.5 Å². The van der Waals surface area contributed by atoms with Crippen molar-refractivity contribution < 1.29 is 19.9 Å². The Morgan fingerprint density at radius 1 is 0.833 bits per heavy atom. The highest BCUT2D eigenvalue weighted by molar-refractivity contribution is 7.98. The zero-order chi connectivity index (χ0) is 22.1. The van der Waals surface area contributed by atoms with Gasteiger partial charge in [-0.25, -0.2) is 4.98 Å². The average molecular weight is 430 g/mol. The van der Waals surface area contributed by atoms with E-state index in [2.05, 4.69) is 29.2 Å². The number of hydrogen-bond donors (Lipinski definition) is 1. The van der Waals surface area contributed by atoms with Crippen molar-refractivity contribution in [2.75, 3.05) is 0 Å². The lowest BCUT2D eigenvalue weighted by Crippen LogP contribution is -1.97. The fraction of sp³-hybridized carbons (Fsp3) is 0.0556. The van der Waals surface area contributed by atoms with Crippen molar-refractivity contribution in [3.8, 4) is 5.75 Å². The minimum atomic E-state index is -1.21. The number of aromatic hydroxyl groups is 1. The molecule has 0 saturated heterocycles. The molecule has 12 heteroatoms. The van der Waals surface area contributed by atoms with E-state index in [9.17, 15) is 30.3 Å². The molecule has 3 rings (SSSR count). The number of non-ortho nitro benzene ring substituents is 1. The molecule has 2 aromatic carbocycles. The first kappa shape index (κ1) is 22.2. The monoisotopic (exact) mass is 430 g/mol. The number of hydrogen-bond acceptors (Lipinski definition) is 9. The Kier molecular flexibility index (Phi) is 7.76. The molecule has 30 heavy (non-hydrogen) atoms. The molecule has 0 saturated carbocycles. The number of rotatable bonds is 6. The standard InChI is InChI=1S/C12H11NS.C6H3N3O7/c1-2-6-11(7-3-1)10-14-12-8-4-5-9-13-12;10-6-4(8(13)14)1-3(7(11)12)2-5(6)9(15)16/h1-9H,10H2;1-2,10H. The highest BCUT2D eigenvalue weighted by Crippen LogP contribution is 2.38. The fourth-order valence-corrected chi connectivity index (χ4v) is 2.95. The molecule has 0 spiro atoms. The summed E-state index contributed by atoms with van der Waals surface area (Å²) in [6.07, 6.45) is 1.83. The molecule has 0 aliphatic rings.